The van der Waals surface area contributed by atoms with Gasteiger partial charge < -0.3 is 16.0 Å². The van der Waals surface area contributed by atoms with Gasteiger partial charge in [0, 0.05) is 12.1 Å². The summed E-state index contributed by atoms with van der Waals surface area (Å²) < 4.78 is 0. The molecule has 0 spiro atoms. The molecule has 2 atom stereocenters. The molecular formula is C15H32N4. The van der Waals surface area contributed by atoms with Gasteiger partial charge in [-0.15, -0.1) is 0 Å². The first-order chi connectivity index (χ1) is 8.85. The first-order valence-corrected chi connectivity index (χ1v) is 7.57. The van der Waals surface area contributed by atoms with Crippen LogP contribution >= 0.6 is 0 Å². The molecule has 2 unspecified atom stereocenters. The number of rotatable bonds is 5. The third-order valence-electron chi connectivity index (χ3n) is 4.25. The van der Waals surface area contributed by atoms with Gasteiger partial charge in [0.05, 0.1) is 6.54 Å². The Labute approximate surface area is 118 Å². The molecule has 1 rings (SSSR count). The molecule has 1 aliphatic carbocycles. The van der Waals surface area contributed by atoms with Crippen LogP contribution in [-0.4, -0.2) is 43.6 Å². The Bertz CT molecular complexity index is 299. The molecule has 0 bridgehead atoms. The average molecular weight is 268 g/mol. The van der Waals surface area contributed by atoms with Crippen molar-refractivity contribution in [1.82, 2.24) is 10.2 Å². The lowest BCUT2D eigenvalue weighted by Gasteiger charge is -2.44. The number of nitrogens with one attached hydrogen (secondary N) is 1. The lowest BCUT2D eigenvalue weighted by Crippen LogP contribution is -2.50. The van der Waals surface area contributed by atoms with Crippen LogP contribution in [0.15, 0.2) is 4.99 Å². The Kier molecular flexibility index (Phi) is 6.11. The first-order valence-electron chi connectivity index (χ1n) is 7.57. The van der Waals surface area contributed by atoms with Gasteiger partial charge in [0.15, 0.2) is 5.96 Å². The fraction of sp³-hybridized carbons (Fsp3) is 0.933. The van der Waals surface area contributed by atoms with Crippen LogP contribution in [0.1, 0.15) is 46.5 Å². The Morgan fingerprint density at radius 3 is 2.68 bits per heavy atom. The molecule has 3 N–H and O–H groups in total. The molecule has 112 valence electrons. The standard InChI is InChI=1S/C15H32N4/c1-12(2)10-17-14(16)18-11-15(19(4)5)8-6-7-13(3)9-15/h12-13H,6-11H2,1-5H3,(H3,16,17,18). The second-order valence-corrected chi connectivity index (χ2v) is 6.80. The molecule has 0 amide bonds. The van der Waals surface area contributed by atoms with Crippen molar-refractivity contribution in [2.24, 2.45) is 22.6 Å². The summed E-state index contributed by atoms with van der Waals surface area (Å²) in [5.41, 5.74) is 6.15. The van der Waals surface area contributed by atoms with Crippen LogP contribution in [0.25, 0.3) is 0 Å². The highest BCUT2D eigenvalue weighted by Crippen LogP contribution is 2.35. The number of likely N-dealkylation sites (N-methyl/N-ethyl adjacent to an activating group) is 1. The highest BCUT2D eigenvalue weighted by atomic mass is 15.2. The van der Waals surface area contributed by atoms with E-state index >= 15 is 0 Å². The monoisotopic (exact) mass is 268 g/mol. The molecule has 0 aliphatic heterocycles. The predicted octanol–water partition coefficient (Wildman–Crippen LogP) is 2.06. The van der Waals surface area contributed by atoms with Crippen LogP contribution in [0, 0.1) is 11.8 Å². The summed E-state index contributed by atoms with van der Waals surface area (Å²) in [6, 6.07) is 0. The van der Waals surface area contributed by atoms with Crippen molar-refractivity contribution in [3.8, 4) is 0 Å². The Balaban J connectivity index is 2.61. The molecule has 4 nitrogen and oxygen atoms in total. The van der Waals surface area contributed by atoms with Gasteiger partial charge in [-0.05, 0) is 38.8 Å². The van der Waals surface area contributed by atoms with E-state index in [1.165, 1.54) is 25.7 Å². The first kappa shape index (κ1) is 16.3. The summed E-state index contributed by atoms with van der Waals surface area (Å²) in [5.74, 6) is 1.97. The van der Waals surface area contributed by atoms with Gasteiger partial charge in [-0.1, -0.05) is 33.6 Å². The van der Waals surface area contributed by atoms with Gasteiger partial charge in [0.25, 0.3) is 0 Å². The van der Waals surface area contributed by atoms with E-state index in [0.29, 0.717) is 11.9 Å². The van der Waals surface area contributed by atoms with Crippen LogP contribution in [0.4, 0.5) is 0 Å². The van der Waals surface area contributed by atoms with E-state index in [1.807, 2.05) is 0 Å². The summed E-state index contributed by atoms with van der Waals surface area (Å²) in [5, 5.41) is 3.20. The zero-order valence-corrected chi connectivity index (χ0v) is 13.4. The van der Waals surface area contributed by atoms with E-state index < -0.39 is 0 Å². The minimum atomic E-state index is 0.196. The number of aliphatic imine (C=N–C) groups is 1. The summed E-state index contributed by atoms with van der Waals surface area (Å²) in [7, 11) is 4.34. The normalized spacial score (nSPS) is 29.0. The number of guanidine groups is 1. The van der Waals surface area contributed by atoms with Crippen molar-refractivity contribution < 1.29 is 0 Å². The molecule has 1 fully saturated rings. The lowest BCUT2D eigenvalue weighted by molar-refractivity contribution is 0.0845. The van der Waals surface area contributed by atoms with Gasteiger partial charge in [-0.25, -0.2) is 0 Å². The topological polar surface area (TPSA) is 53.6 Å². The minimum absolute atomic E-state index is 0.196. The molecule has 19 heavy (non-hydrogen) atoms. The largest absolute Gasteiger partial charge is 0.370 e. The van der Waals surface area contributed by atoms with Gasteiger partial charge >= 0.3 is 0 Å². The van der Waals surface area contributed by atoms with Gasteiger partial charge in [-0.2, -0.15) is 0 Å². The number of hydrogen-bond acceptors (Lipinski definition) is 2. The second kappa shape index (κ2) is 7.13. The van der Waals surface area contributed by atoms with E-state index in [0.717, 1.165) is 19.0 Å². The van der Waals surface area contributed by atoms with E-state index in [9.17, 15) is 0 Å². The number of nitrogens with two attached hydrogens (primary N) is 1. The Morgan fingerprint density at radius 1 is 1.47 bits per heavy atom. The summed E-state index contributed by atoms with van der Waals surface area (Å²) in [6.07, 6.45) is 5.10. The molecule has 0 aromatic heterocycles. The minimum Gasteiger partial charge on any atom is -0.370 e. The van der Waals surface area contributed by atoms with Crippen molar-refractivity contribution in [1.29, 1.82) is 0 Å². The van der Waals surface area contributed by atoms with E-state index in [-0.39, 0.29) is 5.54 Å². The quantitative estimate of drug-likeness (QED) is 0.593. The Morgan fingerprint density at radius 2 is 2.16 bits per heavy atom. The van der Waals surface area contributed by atoms with Crippen LogP contribution in [0.2, 0.25) is 0 Å². The van der Waals surface area contributed by atoms with Crippen LogP contribution in [-0.2, 0) is 0 Å². The molecule has 1 aliphatic rings. The third-order valence-corrected chi connectivity index (χ3v) is 4.25. The number of nitrogens with zero attached hydrogens (tertiary/aromatic N) is 2. The van der Waals surface area contributed by atoms with Crippen LogP contribution < -0.4 is 11.1 Å². The SMILES string of the molecule is CC(C)CNC(N)=NCC1(N(C)C)CCCC(C)C1. The average Bonchev–Trinajstić information content (AvgIpc) is 2.33. The highest BCUT2D eigenvalue weighted by Gasteiger charge is 2.36. The molecular weight excluding hydrogens is 236 g/mol. The molecule has 0 aromatic rings. The maximum absolute atomic E-state index is 5.95. The van der Waals surface area contributed by atoms with Crippen molar-refractivity contribution in [2.45, 2.75) is 52.0 Å². The lowest BCUT2D eigenvalue weighted by atomic mass is 9.75. The Hall–Kier alpha value is -0.770. The van der Waals surface area contributed by atoms with E-state index in [4.69, 9.17) is 5.73 Å². The highest BCUT2D eigenvalue weighted by molar-refractivity contribution is 5.77. The summed E-state index contributed by atoms with van der Waals surface area (Å²) >= 11 is 0. The van der Waals surface area contributed by atoms with E-state index in [1.54, 1.807) is 0 Å². The van der Waals surface area contributed by atoms with Crippen molar-refractivity contribution >= 4 is 5.96 Å². The zero-order chi connectivity index (χ0) is 14.5. The van der Waals surface area contributed by atoms with Crippen molar-refractivity contribution in [3.63, 3.8) is 0 Å². The van der Waals surface area contributed by atoms with E-state index in [2.05, 4.69) is 50.1 Å². The maximum Gasteiger partial charge on any atom is 0.188 e. The predicted molar refractivity (Wildman–Crippen MR) is 83.4 cm³/mol. The zero-order valence-electron chi connectivity index (χ0n) is 13.4. The maximum atomic E-state index is 5.95. The van der Waals surface area contributed by atoms with Crippen molar-refractivity contribution in [3.05, 3.63) is 0 Å². The molecule has 1 saturated carbocycles. The van der Waals surface area contributed by atoms with Gasteiger partial charge in [0.2, 0.25) is 0 Å². The smallest absolute Gasteiger partial charge is 0.188 e. The molecule has 0 heterocycles. The number of hydrogen-bond donors (Lipinski definition) is 2. The molecule has 0 saturated heterocycles. The molecule has 0 radical (unpaired) electrons. The van der Waals surface area contributed by atoms with Crippen LogP contribution in [0.5, 0.6) is 0 Å². The van der Waals surface area contributed by atoms with Gasteiger partial charge in [0.1, 0.15) is 0 Å². The van der Waals surface area contributed by atoms with Crippen LogP contribution in [0.3, 0.4) is 0 Å². The fourth-order valence-electron chi connectivity index (χ4n) is 2.92. The molecule has 0 aromatic carbocycles. The molecule has 4 heteroatoms. The third kappa shape index (κ3) is 5.01. The summed E-state index contributed by atoms with van der Waals surface area (Å²) in [6.45, 7) is 8.39. The van der Waals surface area contributed by atoms with Crippen molar-refractivity contribution in [2.75, 3.05) is 27.2 Å². The fourth-order valence-corrected chi connectivity index (χ4v) is 2.92. The van der Waals surface area contributed by atoms with Gasteiger partial charge in [-0.3, -0.25) is 4.99 Å². The summed E-state index contributed by atoms with van der Waals surface area (Å²) in [4.78, 5) is 6.94. The second-order valence-electron chi connectivity index (χ2n) is 6.80.